The molecule has 0 spiro atoms. The third kappa shape index (κ3) is 2.09. The van der Waals surface area contributed by atoms with Crippen molar-refractivity contribution in [2.75, 3.05) is 6.54 Å². The molecule has 2 aromatic carbocycles. The fourth-order valence-corrected chi connectivity index (χ4v) is 3.15. The predicted octanol–water partition coefficient (Wildman–Crippen LogP) is 4.03. The molecular weight excluding hydrogens is 305 g/mol. The first-order valence-electron chi connectivity index (χ1n) is 7.25. The molecule has 1 aliphatic heterocycles. The average Bonchev–Trinajstić information content (AvgIpc) is 2.87. The lowest BCUT2D eigenvalue weighted by Crippen LogP contribution is -2.17. The number of aromatic amines is 1. The van der Waals surface area contributed by atoms with E-state index in [1.807, 2.05) is 0 Å². The first-order chi connectivity index (χ1) is 11.1. The van der Waals surface area contributed by atoms with E-state index in [-0.39, 0.29) is 5.52 Å². The number of rotatable bonds is 2. The Bertz CT molecular complexity index is 920. The molecule has 23 heavy (non-hydrogen) atoms. The normalized spacial score (nSPS) is 16.1. The second-order valence-electron chi connectivity index (χ2n) is 5.55. The van der Waals surface area contributed by atoms with Crippen LogP contribution < -0.4 is 10.5 Å². The molecule has 0 amide bonds. The summed E-state index contributed by atoms with van der Waals surface area (Å²) < 4.78 is 47.0. The Kier molecular flexibility index (Phi) is 3.09. The van der Waals surface area contributed by atoms with Gasteiger partial charge in [-0.15, -0.1) is 0 Å². The summed E-state index contributed by atoms with van der Waals surface area (Å²) in [5.74, 6) is -1.40. The summed E-state index contributed by atoms with van der Waals surface area (Å²) in [7, 11) is 0. The summed E-state index contributed by atoms with van der Waals surface area (Å²) in [5.41, 5.74) is 7.72. The van der Waals surface area contributed by atoms with Crippen LogP contribution in [0.1, 0.15) is 18.1 Å². The van der Waals surface area contributed by atoms with E-state index >= 15 is 0 Å². The van der Waals surface area contributed by atoms with Crippen molar-refractivity contribution in [2.24, 2.45) is 5.73 Å². The zero-order valence-corrected chi connectivity index (χ0v) is 12.0. The topological polar surface area (TPSA) is 51.0 Å². The summed E-state index contributed by atoms with van der Waals surface area (Å²) in [4.78, 5) is 2.99. The van der Waals surface area contributed by atoms with Crippen LogP contribution >= 0.6 is 0 Å². The van der Waals surface area contributed by atoms with E-state index in [2.05, 4.69) is 4.98 Å². The van der Waals surface area contributed by atoms with Crippen molar-refractivity contribution in [3.8, 4) is 17.0 Å². The average molecular weight is 318 g/mol. The number of nitrogens with two attached hydrogens (primary N) is 1. The maximum absolute atomic E-state index is 14.1. The number of halogens is 3. The standard InChI is InChI=1S/C17H13F3N2O/c18-8-1-2-10-14(7-8)23-13(3-4-21)15-11-5-9(19)6-12(20)16(11)22-17(10)15/h1-2,5-7,13,22H,3-4,21H2. The molecule has 6 heteroatoms. The van der Waals surface area contributed by atoms with E-state index in [1.165, 1.54) is 18.2 Å². The molecular formula is C17H13F3N2O. The van der Waals surface area contributed by atoms with Crippen molar-refractivity contribution >= 4 is 10.9 Å². The van der Waals surface area contributed by atoms with Gasteiger partial charge < -0.3 is 15.5 Å². The Morgan fingerprint density at radius 3 is 2.70 bits per heavy atom. The van der Waals surface area contributed by atoms with Gasteiger partial charge in [0.25, 0.3) is 0 Å². The second kappa shape index (κ2) is 5.03. The Hall–Kier alpha value is -2.47. The number of fused-ring (bicyclic) bond motifs is 5. The predicted molar refractivity (Wildman–Crippen MR) is 80.6 cm³/mol. The fourth-order valence-electron chi connectivity index (χ4n) is 3.15. The zero-order valence-electron chi connectivity index (χ0n) is 12.0. The highest BCUT2D eigenvalue weighted by Gasteiger charge is 2.30. The van der Waals surface area contributed by atoms with Crippen molar-refractivity contribution in [3.05, 3.63) is 53.3 Å². The van der Waals surface area contributed by atoms with Gasteiger partial charge in [0.2, 0.25) is 0 Å². The minimum absolute atomic E-state index is 0.208. The van der Waals surface area contributed by atoms with Gasteiger partial charge in [0.05, 0.1) is 11.2 Å². The first kappa shape index (κ1) is 14.1. The fraction of sp³-hybridized carbons (Fsp3) is 0.176. The summed E-state index contributed by atoms with van der Waals surface area (Å²) in [6.07, 6.45) is -0.0344. The van der Waals surface area contributed by atoms with Gasteiger partial charge in [0.15, 0.2) is 0 Å². The van der Waals surface area contributed by atoms with Crippen LogP contribution in [-0.2, 0) is 0 Å². The molecule has 1 atom stereocenters. The molecule has 0 radical (unpaired) electrons. The highest BCUT2D eigenvalue weighted by molar-refractivity contribution is 5.93. The first-order valence-corrected chi connectivity index (χ1v) is 7.25. The second-order valence-corrected chi connectivity index (χ2v) is 5.55. The summed E-state index contributed by atoms with van der Waals surface area (Å²) in [6, 6.07) is 6.25. The van der Waals surface area contributed by atoms with Crippen molar-refractivity contribution < 1.29 is 17.9 Å². The molecule has 0 bridgehead atoms. The molecule has 0 fully saturated rings. The number of benzene rings is 2. The lowest BCUT2D eigenvalue weighted by Gasteiger charge is -2.26. The van der Waals surface area contributed by atoms with Crippen LogP contribution in [0.3, 0.4) is 0 Å². The number of aromatic nitrogens is 1. The van der Waals surface area contributed by atoms with Crippen LogP contribution in [0.4, 0.5) is 13.2 Å². The van der Waals surface area contributed by atoms with Gasteiger partial charge in [-0.3, -0.25) is 0 Å². The van der Waals surface area contributed by atoms with Gasteiger partial charge in [-0.25, -0.2) is 13.2 Å². The lowest BCUT2D eigenvalue weighted by atomic mass is 9.95. The summed E-state index contributed by atoms with van der Waals surface area (Å²) >= 11 is 0. The van der Waals surface area contributed by atoms with Gasteiger partial charge in [-0.05, 0) is 24.7 Å². The number of hydrogen-bond donors (Lipinski definition) is 2. The maximum Gasteiger partial charge on any atom is 0.150 e. The van der Waals surface area contributed by atoms with Gasteiger partial charge in [0, 0.05) is 35.1 Å². The molecule has 3 aromatic rings. The minimum Gasteiger partial charge on any atom is -0.485 e. The molecule has 0 aliphatic carbocycles. The van der Waals surface area contributed by atoms with Crippen LogP contribution in [0.15, 0.2) is 30.3 Å². The number of hydrogen-bond acceptors (Lipinski definition) is 2. The largest absolute Gasteiger partial charge is 0.485 e. The molecule has 0 saturated heterocycles. The Morgan fingerprint density at radius 1 is 1.09 bits per heavy atom. The van der Waals surface area contributed by atoms with Crippen molar-refractivity contribution in [3.63, 3.8) is 0 Å². The van der Waals surface area contributed by atoms with E-state index < -0.39 is 23.6 Å². The third-order valence-corrected chi connectivity index (χ3v) is 4.10. The molecule has 1 aromatic heterocycles. The highest BCUT2D eigenvalue weighted by atomic mass is 19.1. The monoisotopic (exact) mass is 318 g/mol. The van der Waals surface area contributed by atoms with Gasteiger partial charge in [-0.2, -0.15) is 0 Å². The molecule has 3 N–H and O–H groups in total. The van der Waals surface area contributed by atoms with Crippen LogP contribution in [0, 0.1) is 17.5 Å². The molecule has 0 saturated carbocycles. The van der Waals surface area contributed by atoms with Crippen molar-refractivity contribution in [1.82, 2.24) is 4.98 Å². The molecule has 118 valence electrons. The van der Waals surface area contributed by atoms with Crippen molar-refractivity contribution in [2.45, 2.75) is 12.5 Å². The summed E-state index contributed by atoms with van der Waals surface area (Å²) in [5, 5.41) is 0.422. The smallest absolute Gasteiger partial charge is 0.150 e. The Balaban J connectivity index is 2.05. The summed E-state index contributed by atoms with van der Waals surface area (Å²) in [6.45, 7) is 0.333. The number of H-pyrrole nitrogens is 1. The van der Waals surface area contributed by atoms with Crippen LogP contribution in [0.2, 0.25) is 0 Å². The molecule has 1 aliphatic rings. The van der Waals surface area contributed by atoms with E-state index in [0.29, 0.717) is 40.9 Å². The Morgan fingerprint density at radius 2 is 1.91 bits per heavy atom. The van der Waals surface area contributed by atoms with Crippen molar-refractivity contribution in [1.29, 1.82) is 0 Å². The van der Waals surface area contributed by atoms with E-state index in [4.69, 9.17) is 10.5 Å². The zero-order chi connectivity index (χ0) is 16.1. The molecule has 2 heterocycles. The van der Waals surface area contributed by atoms with Crippen LogP contribution in [-0.4, -0.2) is 11.5 Å². The third-order valence-electron chi connectivity index (χ3n) is 4.10. The van der Waals surface area contributed by atoms with Crippen LogP contribution in [0.5, 0.6) is 5.75 Å². The SMILES string of the molecule is NCCC1Oc2cc(F)ccc2-c2[nH]c3c(F)cc(F)cc3c21. The Labute approximate surface area is 129 Å². The van der Waals surface area contributed by atoms with Gasteiger partial charge in [0.1, 0.15) is 29.3 Å². The van der Waals surface area contributed by atoms with E-state index in [1.54, 1.807) is 6.07 Å². The highest BCUT2D eigenvalue weighted by Crippen LogP contribution is 2.46. The van der Waals surface area contributed by atoms with E-state index in [9.17, 15) is 13.2 Å². The minimum atomic E-state index is -0.676. The maximum atomic E-state index is 14.1. The number of ether oxygens (including phenoxy) is 1. The van der Waals surface area contributed by atoms with Gasteiger partial charge >= 0.3 is 0 Å². The quantitative estimate of drug-likeness (QED) is 0.749. The molecule has 4 rings (SSSR count). The lowest BCUT2D eigenvalue weighted by molar-refractivity contribution is 0.195. The molecule has 1 unspecified atom stereocenters. The van der Waals surface area contributed by atoms with Gasteiger partial charge in [-0.1, -0.05) is 0 Å². The van der Waals surface area contributed by atoms with E-state index in [0.717, 1.165) is 6.07 Å². The van der Waals surface area contributed by atoms with Crippen LogP contribution in [0.25, 0.3) is 22.2 Å². The molecule has 3 nitrogen and oxygen atoms in total. The number of nitrogens with one attached hydrogen (secondary N) is 1.